The van der Waals surface area contributed by atoms with Crippen LogP contribution in [0.2, 0.25) is 0 Å². The molecule has 0 radical (unpaired) electrons. The molecular weight excluding hydrogens is 430 g/mol. The number of aromatic nitrogens is 1. The fraction of sp³-hybridized carbons (Fsp3) is 0.296. The minimum absolute atomic E-state index is 0.170. The molecule has 7 heteroatoms. The van der Waals surface area contributed by atoms with E-state index in [1.165, 1.54) is 0 Å². The number of carbonyl (C=O) groups excluding carboxylic acids is 2. The normalized spacial score (nSPS) is 18.2. The number of rotatable bonds is 7. The first-order valence-corrected chi connectivity index (χ1v) is 11.5. The lowest BCUT2D eigenvalue weighted by Crippen LogP contribution is -2.50. The molecule has 0 unspecified atom stereocenters. The lowest BCUT2D eigenvalue weighted by molar-refractivity contribution is -0.154. The highest BCUT2D eigenvalue weighted by Gasteiger charge is 2.38. The quantitative estimate of drug-likeness (QED) is 0.504. The first-order valence-electron chi connectivity index (χ1n) is 11.5. The molecule has 3 aromatic rings. The van der Waals surface area contributed by atoms with E-state index in [0.29, 0.717) is 6.54 Å². The summed E-state index contributed by atoms with van der Waals surface area (Å²) in [6, 6.07) is 20.5. The number of pyridine rings is 1. The van der Waals surface area contributed by atoms with Crippen molar-refractivity contribution in [1.82, 2.24) is 15.2 Å². The Morgan fingerprint density at radius 2 is 1.59 bits per heavy atom. The van der Waals surface area contributed by atoms with E-state index in [0.717, 1.165) is 35.1 Å². The van der Waals surface area contributed by atoms with E-state index in [4.69, 9.17) is 0 Å². The van der Waals surface area contributed by atoms with Crippen molar-refractivity contribution in [1.29, 1.82) is 0 Å². The summed E-state index contributed by atoms with van der Waals surface area (Å²) in [6.07, 6.45) is 1.34. The van der Waals surface area contributed by atoms with Crippen LogP contribution in [0.4, 0.5) is 0 Å². The van der Waals surface area contributed by atoms with Gasteiger partial charge in [-0.15, -0.1) is 0 Å². The van der Waals surface area contributed by atoms with Gasteiger partial charge in [-0.25, -0.2) is 0 Å². The van der Waals surface area contributed by atoms with Gasteiger partial charge in [0.15, 0.2) is 12.2 Å². The predicted octanol–water partition coefficient (Wildman–Crippen LogP) is 3.01. The summed E-state index contributed by atoms with van der Waals surface area (Å²) >= 11 is 0. The zero-order valence-corrected chi connectivity index (χ0v) is 19.0. The molecule has 0 aliphatic carbocycles. The third-order valence-corrected chi connectivity index (χ3v) is 6.32. The van der Waals surface area contributed by atoms with Crippen molar-refractivity contribution in [3.63, 3.8) is 0 Å². The fourth-order valence-electron chi connectivity index (χ4n) is 4.39. The van der Waals surface area contributed by atoms with E-state index >= 15 is 0 Å². The number of likely N-dealkylation sites (tertiary alicyclic amines) is 1. The second-order valence-corrected chi connectivity index (χ2v) is 8.58. The van der Waals surface area contributed by atoms with Gasteiger partial charge >= 0.3 is 0 Å². The lowest BCUT2D eigenvalue weighted by Gasteiger charge is -2.29. The number of nitrogens with zero attached hydrogens (tertiary/aromatic N) is 2. The van der Waals surface area contributed by atoms with Gasteiger partial charge < -0.3 is 20.4 Å². The molecule has 2 amide bonds. The Kier molecular flexibility index (Phi) is 7.35. The van der Waals surface area contributed by atoms with Crippen LogP contribution in [-0.2, 0) is 9.59 Å². The molecule has 1 fully saturated rings. The number of aliphatic hydroxyl groups excluding tert-OH is 2. The summed E-state index contributed by atoms with van der Waals surface area (Å²) in [5.41, 5.74) is 3.86. The highest BCUT2D eigenvalue weighted by Crippen LogP contribution is 2.32. The number of hydrogen-bond donors (Lipinski definition) is 3. The maximum absolute atomic E-state index is 12.9. The fourth-order valence-corrected chi connectivity index (χ4v) is 4.39. The average molecular weight is 460 g/mol. The molecule has 0 saturated carbocycles. The van der Waals surface area contributed by atoms with E-state index < -0.39 is 30.1 Å². The lowest BCUT2D eigenvalue weighted by atomic mass is 10.0. The molecular formula is C27H29N3O4. The van der Waals surface area contributed by atoms with Gasteiger partial charge in [0.25, 0.3) is 11.8 Å². The summed E-state index contributed by atoms with van der Waals surface area (Å²) in [7, 11) is 0. The van der Waals surface area contributed by atoms with Crippen molar-refractivity contribution >= 4 is 11.8 Å². The molecule has 4 atom stereocenters. The second kappa shape index (κ2) is 10.6. The van der Waals surface area contributed by atoms with Crippen LogP contribution in [0.25, 0.3) is 11.1 Å². The molecule has 7 nitrogen and oxygen atoms in total. The topological polar surface area (TPSA) is 103 Å². The first kappa shape index (κ1) is 23.6. The summed E-state index contributed by atoms with van der Waals surface area (Å²) in [5.74, 6) is -1.43. The Balaban J connectivity index is 1.37. The van der Waals surface area contributed by atoms with Crippen molar-refractivity contribution < 1.29 is 19.8 Å². The summed E-state index contributed by atoms with van der Waals surface area (Å²) in [5, 5.41) is 23.7. The minimum atomic E-state index is -1.86. The first-order chi connectivity index (χ1) is 16.5. The molecule has 3 N–H and O–H groups in total. The van der Waals surface area contributed by atoms with Crippen molar-refractivity contribution in [3.05, 3.63) is 90.3 Å². The zero-order valence-electron chi connectivity index (χ0n) is 19.0. The number of hydrogen-bond acceptors (Lipinski definition) is 5. The number of benzene rings is 2. The molecule has 1 saturated heterocycles. The van der Waals surface area contributed by atoms with Crippen LogP contribution in [0.1, 0.15) is 43.0 Å². The van der Waals surface area contributed by atoms with E-state index in [1.54, 1.807) is 24.2 Å². The van der Waals surface area contributed by atoms with Crippen LogP contribution >= 0.6 is 0 Å². The standard InChI is InChI=1S/C27H29N3O4/c1-18(19-9-11-20(12-10-19)21-13-15-28-16-14-21)29-26(33)24(31)25(32)27(34)30-17-5-8-23(30)22-6-3-2-4-7-22/h2-4,6-7,9-16,18,23-25,31-32H,5,8,17H2,1H3,(H,29,33)/t18-,23-,24-,25-/m1/s1. The van der Waals surface area contributed by atoms with Crippen LogP contribution < -0.4 is 5.32 Å². The minimum Gasteiger partial charge on any atom is -0.380 e. The van der Waals surface area contributed by atoms with Crippen LogP contribution in [-0.4, -0.2) is 50.7 Å². The molecule has 176 valence electrons. The monoisotopic (exact) mass is 459 g/mol. The molecule has 2 heterocycles. The smallest absolute Gasteiger partial charge is 0.255 e. The molecule has 34 heavy (non-hydrogen) atoms. The van der Waals surface area contributed by atoms with Gasteiger partial charge in [0.2, 0.25) is 0 Å². The molecule has 0 spiro atoms. The molecule has 1 aliphatic rings. The zero-order chi connectivity index (χ0) is 24.1. The van der Waals surface area contributed by atoms with E-state index in [1.807, 2.05) is 66.7 Å². The van der Waals surface area contributed by atoms with E-state index in [9.17, 15) is 19.8 Å². The van der Waals surface area contributed by atoms with Gasteiger partial charge in [0.05, 0.1) is 12.1 Å². The van der Waals surface area contributed by atoms with Crippen molar-refractivity contribution in [2.75, 3.05) is 6.54 Å². The third-order valence-electron chi connectivity index (χ3n) is 6.32. The highest BCUT2D eigenvalue weighted by atomic mass is 16.3. The molecule has 0 bridgehead atoms. The second-order valence-electron chi connectivity index (χ2n) is 8.58. The van der Waals surface area contributed by atoms with E-state index in [-0.39, 0.29) is 6.04 Å². The van der Waals surface area contributed by atoms with Gasteiger partial charge in [0, 0.05) is 18.9 Å². The summed E-state index contributed by atoms with van der Waals surface area (Å²) in [4.78, 5) is 31.1. The summed E-state index contributed by atoms with van der Waals surface area (Å²) in [6.45, 7) is 2.26. The number of amides is 2. The maximum Gasteiger partial charge on any atom is 0.255 e. The maximum atomic E-state index is 12.9. The molecule has 2 aromatic carbocycles. The molecule has 4 rings (SSSR count). The van der Waals surface area contributed by atoms with Crippen LogP contribution in [0.15, 0.2) is 79.1 Å². The summed E-state index contributed by atoms with van der Waals surface area (Å²) < 4.78 is 0. The van der Waals surface area contributed by atoms with Gasteiger partial charge in [-0.1, -0.05) is 54.6 Å². The van der Waals surface area contributed by atoms with Crippen molar-refractivity contribution in [2.24, 2.45) is 0 Å². The van der Waals surface area contributed by atoms with Gasteiger partial charge in [-0.05, 0) is 54.2 Å². The Morgan fingerprint density at radius 3 is 2.26 bits per heavy atom. The van der Waals surface area contributed by atoms with Crippen molar-refractivity contribution in [3.8, 4) is 11.1 Å². The van der Waals surface area contributed by atoms with Gasteiger partial charge in [0.1, 0.15) is 0 Å². The Morgan fingerprint density at radius 1 is 0.941 bits per heavy atom. The van der Waals surface area contributed by atoms with Crippen LogP contribution in [0.5, 0.6) is 0 Å². The van der Waals surface area contributed by atoms with E-state index in [2.05, 4.69) is 10.3 Å². The van der Waals surface area contributed by atoms with Gasteiger partial charge in [-0.2, -0.15) is 0 Å². The van der Waals surface area contributed by atoms with Crippen LogP contribution in [0, 0.1) is 0 Å². The average Bonchev–Trinajstić information content (AvgIpc) is 3.38. The number of nitrogens with one attached hydrogen (secondary N) is 1. The molecule has 1 aliphatic heterocycles. The highest BCUT2D eigenvalue weighted by molar-refractivity contribution is 5.91. The SMILES string of the molecule is C[C@@H](NC(=O)[C@H](O)[C@@H](O)C(=O)N1CCC[C@@H]1c1ccccc1)c1ccc(-c2ccncc2)cc1. The Bertz CT molecular complexity index is 1110. The number of carbonyl (C=O) groups is 2. The third kappa shape index (κ3) is 5.16. The Hall–Kier alpha value is -3.55. The Labute approximate surface area is 199 Å². The van der Waals surface area contributed by atoms with Crippen molar-refractivity contribution in [2.45, 2.75) is 44.1 Å². The largest absolute Gasteiger partial charge is 0.380 e. The van der Waals surface area contributed by atoms with Gasteiger partial charge in [-0.3, -0.25) is 14.6 Å². The number of aliphatic hydroxyl groups is 2. The van der Waals surface area contributed by atoms with Crippen LogP contribution in [0.3, 0.4) is 0 Å². The predicted molar refractivity (Wildman–Crippen MR) is 128 cm³/mol. The molecule has 1 aromatic heterocycles.